The molecular formula is C25H23F2N3O3. The molecule has 0 radical (unpaired) electrons. The van der Waals surface area contributed by atoms with Crippen molar-refractivity contribution in [1.29, 1.82) is 0 Å². The van der Waals surface area contributed by atoms with Gasteiger partial charge in [-0.05, 0) is 54.4 Å². The number of carbonyl (C=O) groups is 2. The molecule has 1 fully saturated rings. The van der Waals surface area contributed by atoms with Crippen molar-refractivity contribution in [3.63, 3.8) is 0 Å². The van der Waals surface area contributed by atoms with Crippen LogP contribution in [-0.2, 0) is 6.54 Å². The van der Waals surface area contributed by atoms with E-state index >= 15 is 0 Å². The van der Waals surface area contributed by atoms with E-state index in [0.717, 1.165) is 29.9 Å². The number of anilines is 2. The number of methoxy groups -OCH3 is 1. The lowest BCUT2D eigenvalue weighted by atomic mass is 10.1. The Labute approximate surface area is 190 Å². The van der Waals surface area contributed by atoms with Crippen LogP contribution in [0.5, 0.6) is 5.75 Å². The van der Waals surface area contributed by atoms with Crippen LogP contribution in [0.1, 0.15) is 22.3 Å². The first-order chi connectivity index (χ1) is 16.0. The quantitative estimate of drug-likeness (QED) is 0.570. The number of urea groups is 1. The van der Waals surface area contributed by atoms with Gasteiger partial charge in [0.15, 0.2) is 0 Å². The molecule has 0 saturated carbocycles. The standard InChI is InChI=1S/C25H23F2N3O3/c1-33-20-11-9-17(10-12-20)16-29-13-4-14-30(25(29)32)19-6-2-5-18(15-19)28-24(31)23-21(26)7-3-8-22(23)27/h2-3,5-12,15H,4,13-14,16H2,1H3,(H,28,31). The number of nitrogens with zero attached hydrogens (tertiary/aromatic N) is 2. The molecule has 3 aromatic rings. The van der Waals surface area contributed by atoms with E-state index in [-0.39, 0.29) is 6.03 Å². The Balaban J connectivity index is 1.48. The SMILES string of the molecule is COc1ccc(CN2CCCN(c3cccc(NC(=O)c4c(F)cccc4F)c3)C2=O)cc1. The number of halogens is 2. The van der Waals surface area contributed by atoms with Crippen molar-refractivity contribution >= 4 is 23.3 Å². The molecule has 0 bridgehead atoms. The minimum Gasteiger partial charge on any atom is -0.497 e. The molecule has 33 heavy (non-hydrogen) atoms. The normalized spacial score (nSPS) is 13.7. The zero-order valence-electron chi connectivity index (χ0n) is 18.1. The summed E-state index contributed by atoms with van der Waals surface area (Å²) in [6.07, 6.45) is 0.777. The van der Waals surface area contributed by atoms with Crippen LogP contribution in [0.15, 0.2) is 66.7 Å². The summed E-state index contributed by atoms with van der Waals surface area (Å²) < 4.78 is 33.0. The van der Waals surface area contributed by atoms with Crippen LogP contribution in [0.2, 0.25) is 0 Å². The average Bonchev–Trinajstić information content (AvgIpc) is 2.81. The predicted octanol–water partition coefficient (Wildman–Crippen LogP) is 5.06. The lowest BCUT2D eigenvalue weighted by Crippen LogP contribution is -2.49. The van der Waals surface area contributed by atoms with Crippen molar-refractivity contribution in [2.24, 2.45) is 0 Å². The van der Waals surface area contributed by atoms with E-state index in [4.69, 9.17) is 4.74 Å². The summed E-state index contributed by atoms with van der Waals surface area (Å²) >= 11 is 0. The summed E-state index contributed by atoms with van der Waals surface area (Å²) in [5.41, 5.74) is 1.26. The summed E-state index contributed by atoms with van der Waals surface area (Å²) in [7, 11) is 1.60. The first kappa shape index (κ1) is 22.3. The van der Waals surface area contributed by atoms with Gasteiger partial charge in [-0.25, -0.2) is 13.6 Å². The molecule has 1 aliphatic rings. The molecule has 1 N–H and O–H groups in total. The lowest BCUT2D eigenvalue weighted by molar-refractivity contribution is 0.101. The van der Waals surface area contributed by atoms with Gasteiger partial charge in [-0.1, -0.05) is 24.3 Å². The fraction of sp³-hybridized carbons (Fsp3) is 0.200. The second-order valence-corrected chi connectivity index (χ2v) is 7.66. The fourth-order valence-electron chi connectivity index (χ4n) is 3.78. The topological polar surface area (TPSA) is 61.9 Å². The van der Waals surface area contributed by atoms with Gasteiger partial charge in [0.2, 0.25) is 0 Å². The second kappa shape index (κ2) is 9.68. The lowest BCUT2D eigenvalue weighted by Gasteiger charge is -2.36. The summed E-state index contributed by atoms with van der Waals surface area (Å²) in [6.45, 7) is 1.62. The largest absolute Gasteiger partial charge is 0.497 e. The first-order valence-electron chi connectivity index (χ1n) is 10.5. The van der Waals surface area contributed by atoms with Gasteiger partial charge >= 0.3 is 6.03 Å². The number of nitrogens with one attached hydrogen (secondary N) is 1. The molecule has 0 atom stereocenters. The molecule has 1 aliphatic heterocycles. The van der Waals surface area contributed by atoms with Gasteiger partial charge < -0.3 is 15.0 Å². The molecule has 8 heteroatoms. The van der Waals surface area contributed by atoms with Crippen molar-refractivity contribution in [2.45, 2.75) is 13.0 Å². The number of ether oxygens (including phenoxy) is 1. The second-order valence-electron chi connectivity index (χ2n) is 7.66. The average molecular weight is 451 g/mol. The minimum absolute atomic E-state index is 0.152. The summed E-state index contributed by atoms with van der Waals surface area (Å²) in [5.74, 6) is -2.03. The van der Waals surface area contributed by atoms with Crippen LogP contribution in [0.25, 0.3) is 0 Å². The number of rotatable bonds is 6. The van der Waals surface area contributed by atoms with Gasteiger partial charge in [0, 0.05) is 31.0 Å². The zero-order valence-corrected chi connectivity index (χ0v) is 18.1. The Hall–Kier alpha value is -3.94. The monoisotopic (exact) mass is 451 g/mol. The molecule has 0 aromatic heterocycles. The molecule has 0 aliphatic carbocycles. The van der Waals surface area contributed by atoms with Gasteiger partial charge in [-0.3, -0.25) is 9.69 Å². The predicted molar refractivity (Wildman–Crippen MR) is 122 cm³/mol. The van der Waals surface area contributed by atoms with Crippen molar-refractivity contribution in [2.75, 3.05) is 30.4 Å². The van der Waals surface area contributed by atoms with E-state index in [1.807, 2.05) is 24.3 Å². The Morgan fingerprint density at radius 1 is 1.00 bits per heavy atom. The van der Waals surface area contributed by atoms with E-state index in [2.05, 4.69) is 5.32 Å². The number of carbonyl (C=O) groups excluding carboxylic acids is 2. The van der Waals surface area contributed by atoms with E-state index in [9.17, 15) is 18.4 Å². The van der Waals surface area contributed by atoms with Gasteiger partial charge in [-0.2, -0.15) is 0 Å². The maximum Gasteiger partial charge on any atom is 0.324 e. The Kier molecular flexibility index (Phi) is 6.53. The number of amides is 3. The number of hydrogen-bond acceptors (Lipinski definition) is 3. The third kappa shape index (κ3) is 4.95. The van der Waals surface area contributed by atoms with Crippen LogP contribution in [-0.4, -0.2) is 37.0 Å². The van der Waals surface area contributed by atoms with Gasteiger partial charge in [0.1, 0.15) is 22.9 Å². The molecular weight excluding hydrogens is 428 g/mol. The number of benzene rings is 3. The van der Waals surface area contributed by atoms with Crippen molar-refractivity contribution in [3.8, 4) is 5.75 Å². The van der Waals surface area contributed by atoms with Crippen LogP contribution in [0, 0.1) is 11.6 Å². The van der Waals surface area contributed by atoms with E-state index in [1.165, 1.54) is 6.07 Å². The van der Waals surface area contributed by atoms with Crippen LogP contribution in [0.3, 0.4) is 0 Å². The highest BCUT2D eigenvalue weighted by molar-refractivity contribution is 6.05. The van der Waals surface area contributed by atoms with E-state index < -0.39 is 23.1 Å². The molecule has 0 spiro atoms. The van der Waals surface area contributed by atoms with Crippen molar-refractivity contribution in [3.05, 3.63) is 89.5 Å². The molecule has 0 unspecified atom stereocenters. The molecule has 3 aromatic carbocycles. The molecule has 6 nitrogen and oxygen atoms in total. The Morgan fingerprint density at radius 3 is 2.39 bits per heavy atom. The molecule has 1 saturated heterocycles. The maximum absolute atomic E-state index is 13.9. The highest BCUT2D eigenvalue weighted by Crippen LogP contribution is 2.25. The fourth-order valence-corrected chi connectivity index (χ4v) is 3.78. The highest BCUT2D eigenvalue weighted by Gasteiger charge is 2.27. The van der Waals surface area contributed by atoms with Crippen molar-refractivity contribution in [1.82, 2.24) is 4.90 Å². The van der Waals surface area contributed by atoms with Crippen molar-refractivity contribution < 1.29 is 23.1 Å². The summed E-state index contributed by atoms with van der Waals surface area (Å²) in [6, 6.07) is 17.3. The summed E-state index contributed by atoms with van der Waals surface area (Å²) in [4.78, 5) is 28.9. The zero-order chi connectivity index (χ0) is 23.4. The number of hydrogen-bond donors (Lipinski definition) is 1. The Bertz CT molecular complexity index is 1150. The van der Waals surface area contributed by atoms with E-state index in [0.29, 0.717) is 31.0 Å². The first-order valence-corrected chi connectivity index (χ1v) is 10.5. The smallest absolute Gasteiger partial charge is 0.324 e. The minimum atomic E-state index is -0.941. The summed E-state index contributed by atoms with van der Waals surface area (Å²) in [5, 5.41) is 2.51. The third-order valence-corrected chi connectivity index (χ3v) is 5.45. The third-order valence-electron chi connectivity index (χ3n) is 5.45. The molecule has 170 valence electrons. The molecule has 4 rings (SSSR count). The van der Waals surface area contributed by atoms with Gasteiger partial charge in [0.05, 0.1) is 7.11 Å². The van der Waals surface area contributed by atoms with Crippen LogP contribution in [0.4, 0.5) is 25.0 Å². The van der Waals surface area contributed by atoms with E-state index in [1.54, 1.807) is 41.2 Å². The van der Waals surface area contributed by atoms with Crippen LogP contribution >= 0.6 is 0 Å². The van der Waals surface area contributed by atoms with Crippen LogP contribution < -0.4 is 15.0 Å². The van der Waals surface area contributed by atoms with Gasteiger partial charge in [0.25, 0.3) is 5.91 Å². The maximum atomic E-state index is 13.9. The van der Waals surface area contributed by atoms with Gasteiger partial charge in [-0.15, -0.1) is 0 Å². The highest BCUT2D eigenvalue weighted by atomic mass is 19.1. The molecule has 3 amide bonds. The Morgan fingerprint density at radius 2 is 1.70 bits per heavy atom. The molecule has 1 heterocycles.